The van der Waals surface area contributed by atoms with Crippen LogP contribution >= 0.6 is 11.8 Å². The summed E-state index contributed by atoms with van der Waals surface area (Å²) in [5.74, 6) is 7.26. The van der Waals surface area contributed by atoms with E-state index >= 15 is 0 Å². The average molecular weight is 359 g/mol. The van der Waals surface area contributed by atoms with Gasteiger partial charge in [-0.3, -0.25) is 4.79 Å². The molecule has 1 aromatic carbocycles. The second-order valence-corrected chi connectivity index (χ2v) is 7.42. The smallest absolute Gasteiger partial charge is 0.233 e. The molecule has 0 unspecified atom stereocenters. The van der Waals surface area contributed by atoms with Crippen LogP contribution in [0.2, 0.25) is 0 Å². The number of hydrogen-bond donors (Lipinski definition) is 1. The third-order valence-corrected chi connectivity index (χ3v) is 5.65. The monoisotopic (exact) mass is 359 g/mol. The van der Waals surface area contributed by atoms with Crippen LogP contribution in [0.3, 0.4) is 0 Å². The van der Waals surface area contributed by atoms with Gasteiger partial charge in [-0.1, -0.05) is 48.5 Å². The maximum absolute atomic E-state index is 12.6. The first-order valence-electron chi connectivity index (χ1n) is 8.80. The van der Waals surface area contributed by atoms with E-state index in [4.69, 9.17) is 5.84 Å². The highest BCUT2D eigenvalue weighted by Gasteiger charge is 2.25. The highest BCUT2D eigenvalue weighted by Crippen LogP contribution is 2.24. The molecular weight excluding hydrogens is 334 g/mol. The Bertz CT molecular complexity index is 728. The first kappa shape index (κ1) is 17.8. The number of amides is 1. The Kier molecular flexibility index (Phi) is 5.63. The van der Waals surface area contributed by atoms with E-state index in [1.807, 2.05) is 36.1 Å². The highest BCUT2D eigenvalue weighted by molar-refractivity contribution is 7.99. The van der Waals surface area contributed by atoms with Crippen molar-refractivity contribution in [2.75, 3.05) is 18.1 Å². The molecular formula is C18H25N5OS. The first-order valence-corrected chi connectivity index (χ1v) is 9.78. The number of nitrogen functional groups attached to an aromatic ring is 1. The number of thioether (sulfide) groups is 1. The molecule has 1 amide bonds. The fraction of sp³-hybridized carbons (Fsp3) is 0.500. The molecule has 3 rings (SSSR count). The van der Waals surface area contributed by atoms with Crippen molar-refractivity contribution in [1.82, 2.24) is 19.8 Å². The minimum Gasteiger partial charge on any atom is -0.339 e. The molecule has 0 radical (unpaired) electrons. The third-order valence-electron chi connectivity index (χ3n) is 4.72. The molecule has 0 aliphatic carbocycles. The van der Waals surface area contributed by atoms with Gasteiger partial charge in [0.05, 0.1) is 5.75 Å². The summed E-state index contributed by atoms with van der Waals surface area (Å²) in [5, 5.41) is 8.89. The van der Waals surface area contributed by atoms with Gasteiger partial charge in [-0.25, -0.2) is 4.68 Å². The van der Waals surface area contributed by atoms with Gasteiger partial charge in [-0.05, 0) is 32.6 Å². The number of nitrogens with two attached hydrogens (primary N) is 1. The van der Waals surface area contributed by atoms with E-state index in [-0.39, 0.29) is 5.91 Å². The van der Waals surface area contributed by atoms with Gasteiger partial charge in [-0.15, -0.1) is 10.2 Å². The zero-order chi connectivity index (χ0) is 17.8. The Morgan fingerprint density at radius 1 is 1.28 bits per heavy atom. The third kappa shape index (κ3) is 3.98. The lowest BCUT2D eigenvalue weighted by Gasteiger charge is -2.35. The van der Waals surface area contributed by atoms with Crippen molar-refractivity contribution in [3.63, 3.8) is 0 Å². The summed E-state index contributed by atoms with van der Waals surface area (Å²) < 4.78 is 1.47. The van der Waals surface area contributed by atoms with Crippen molar-refractivity contribution >= 4 is 17.7 Å². The number of piperidine rings is 1. The maximum Gasteiger partial charge on any atom is 0.233 e. The van der Waals surface area contributed by atoms with Gasteiger partial charge in [0.15, 0.2) is 5.82 Å². The van der Waals surface area contributed by atoms with Gasteiger partial charge in [-0.2, -0.15) is 0 Å². The molecule has 1 saturated heterocycles. The standard InChI is InChI=1S/C18H25N5OS/c1-3-15-6-4-5-11-22(15)16(24)12-25-18-21-20-17(23(18)19)14-9-7-13(2)8-10-14/h7-10,15H,3-6,11-12,19H2,1-2H3/t15-/m0/s1. The quantitative estimate of drug-likeness (QED) is 0.656. The summed E-state index contributed by atoms with van der Waals surface area (Å²) in [6.07, 6.45) is 4.43. The number of carbonyl (C=O) groups is 1. The number of nitrogens with zero attached hydrogens (tertiary/aromatic N) is 4. The molecule has 2 heterocycles. The lowest BCUT2D eigenvalue weighted by molar-refractivity contribution is -0.132. The lowest BCUT2D eigenvalue weighted by atomic mass is 10.0. The minimum atomic E-state index is 0.163. The van der Waals surface area contributed by atoms with E-state index in [1.54, 1.807) is 0 Å². The number of rotatable bonds is 5. The molecule has 1 fully saturated rings. The van der Waals surface area contributed by atoms with Crippen LogP contribution in [0, 0.1) is 6.92 Å². The minimum absolute atomic E-state index is 0.163. The number of hydrogen-bond acceptors (Lipinski definition) is 5. The van der Waals surface area contributed by atoms with Crippen LogP contribution in [0.15, 0.2) is 29.4 Å². The van der Waals surface area contributed by atoms with E-state index in [2.05, 4.69) is 17.1 Å². The van der Waals surface area contributed by atoms with E-state index in [0.29, 0.717) is 22.8 Å². The van der Waals surface area contributed by atoms with Crippen LogP contribution in [0.4, 0.5) is 0 Å². The number of benzene rings is 1. The van der Waals surface area contributed by atoms with Crippen LogP contribution in [-0.2, 0) is 4.79 Å². The van der Waals surface area contributed by atoms with Crippen LogP contribution in [-0.4, -0.2) is 44.0 Å². The Labute approximate surface area is 152 Å². The molecule has 2 N–H and O–H groups in total. The number of carbonyl (C=O) groups excluding carboxylic acids is 1. The number of likely N-dealkylation sites (tertiary alicyclic amines) is 1. The van der Waals surface area contributed by atoms with Crippen molar-refractivity contribution < 1.29 is 4.79 Å². The van der Waals surface area contributed by atoms with Crippen LogP contribution < -0.4 is 5.84 Å². The number of aryl methyl sites for hydroxylation is 1. The lowest BCUT2D eigenvalue weighted by Crippen LogP contribution is -2.44. The summed E-state index contributed by atoms with van der Waals surface area (Å²) in [7, 11) is 0. The SMILES string of the molecule is CC[C@H]1CCCCN1C(=O)CSc1nnc(-c2ccc(C)cc2)n1N. The predicted octanol–water partition coefficient (Wildman–Crippen LogP) is 2.85. The first-order chi connectivity index (χ1) is 12.1. The largest absolute Gasteiger partial charge is 0.339 e. The second-order valence-electron chi connectivity index (χ2n) is 6.48. The van der Waals surface area contributed by atoms with Gasteiger partial charge < -0.3 is 10.7 Å². The normalized spacial score (nSPS) is 17.7. The zero-order valence-electron chi connectivity index (χ0n) is 14.8. The van der Waals surface area contributed by atoms with Crippen LogP contribution in [0.25, 0.3) is 11.4 Å². The molecule has 6 nitrogen and oxygen atoms in total. The Morgan fingerprint density at radius 2 is 2.04 bits per heavy atom. The van der Waals surface area contributed by atoms with Crippen molar-refractivity contribution in [2.24, 2.45) is 0 Å². The molecule has 7 heteroatoms. The van der Waals surface area contributed by atoms with Gasteiger partial charge >= 0.3 is 0 Å². The van der Waals surface area contributed by atoms with Crippen molar-refractivity contribution in [3.05, 3.63) is 29.8 Å². The number of aromatic nitrogens is 3. The predicted molar refractivity (Wildman–Crippen MR) is 101 cm³/mol. The molecule has 0 bridgehead atoms. The van der Waals surface area contributed by atoms with Crippen molar-refractivity contribution in [2.45, 2.75) is 50.7 Å². The molecule has 1 aliphatic heterocycles. The van der Waals surface area contributed by atoms with Crippen molar-refractivity contribution in [3.8, 4) is 11.4 Å². The van der Waals surface area contributed by atoms with Gasteiger partial charge in [0, 0.05) is 18.2 Å². The Hall–Kier alpha value is -2.02. The zero-order valence-corrected chi connectivity index (χ0v) is 15.6. The van der Waals surface area contributed by atoms with Gasteiger partial charge in [0.2, 0.25) is 11.1 Å². The molecule has 1 aliphatic rings. The van der Waals surface area contributed by atoms with Crippen LogP contribution in [0.1, 0.15) is 38.2 Å². The van der Waals surface area contributed by atoms with E-state index in [0.717, 1.165) is 31.4 Å². The molecule has 25 heavy (non-hydrogen) atoms. The van der Waals surface area contributed by atoms with Gasteiger partial charge in [0.1, 0.15) is 0 Å². The summed E-state index contributed by atoms with van der Waals surface area (Å²) in [5.41, 5.74) is 2.10. The molecule has 134 valence electrons. The summed E-state index contributed by atoms with van der Waals surface area (Å²) >= 11 is 1.35. The van der Waals surface area contributed by atoms with Crippen LogP contribution in [0.5, 0.6) is 0 Å². The fourth-order valence-corrected chi connectivity index (χ4v) is 3.98. The Morgan fingerprint density at radius 3 is 2.76 bits per heavy atom. The van der Waals surface area contributed by atoms with E-state index in [1.165, 1.54) is 28.4 Å². The summed E-state index contributed by atoms with van der Waals surface area (Å²) in [6, 6.07) is 8.35. The van der Waals surface area contributed by atoms with E-state index in [9.17, 15) is 4.79 Å². The van der Waals surface area contributed by atoms with Gasteiger partial charge in [0.25, 0.3) is 0 Å². The molecule has 0 spiro atoms. The summed E-state index contributed by atoms with van der Waals surface area (Å²) in [6.45, 7) is 5.05. The van der Waals surface area contributed by atoms with Crippen molar-refractivity contribution in [1.29, 1.82) is 0 Å². The molecule has 1 atom stereocenters. The summed E-state index contributed by atoms with van der Waals surface area (Å²) in [4.78, 5) is 14.6. The molecule has 1 aromatic heterocycles. The maximum atomic E-state index is 12.6. The molecule has 0 saturated carbocycles. The fourth-order valence-electron chi connectivity index (χ4n) is 3.24. The average Bonchev–Trinajstić information content (AvgIpc) is 3.01. The Balaban J connectivity index is 1.65. The van der Waals surface area contributed by atoms with E-state index < -0.39 is 0 Å². The molecule has 2 aromatic rings. The second kappa shape index (κ2) is 7.91. The topological polar surface area (TPSA) is 77.0 Å². The highest BCUT2D eigenvalue weighted by atomic mass is 32.2.